The molecule has 1 aliphatic heterocycles. The molecule has 1 fully saturated rings. The fourth-order valence-electron chi connectivity index (χ4n) is 3.50. The van der Waals surface area contributed by atoms with E-state index in [1.165, 1.54) is 11.1 Å². The van der Waals surface area contributed by atoms with Crippen molar-refractivity contribution in [2.45, 2.75) is 31.7 Å². The van der Waals surface area contributed by atoms with Gasteiger partial charge in [-0.3, -0.25) is 4.79 Å². The molecule has 134 valence electrons. The lowest BCUT2D eigenvalue weighted by atomic mass is 9.89. The second kappa shape index (κ2) is 9.59. The number of hydrogen-bond acceptors (Lipinski definition) is 2. The van der Waals surface area contributed by atoms with Crippen LogP contribution >= 0.6 is 12.4 Å². The summed E-state index contributed by atoms with van der Waals surface area (Å²) in [5, 5.41) is 0. The van der Waals surface area contributed by atoms with Gasteiger partial charge in [0, 0.05) is 25.6 Å². The molecule has 1 saturated heterocycles. The topological polar surface area (TPSA) is 46.3 Å². The van der Waals surface area contributed by atoms with E-state index >= 15 is 0 Å². The van der Waals surface area contributed by atoms with Crippen LogP contribution in [0.2, 0.25) is 0 Å². The number of likely N-dealkylation sites (tertiary alicyclic amines) is 1. The fourth-order valence-corrected chi connectivity index (χ4v) is 3.50. The van der Waals surface area contributed by atoms with Crippen LogP contribution in [0.1, 0.15) is 24.0 Å². The summed E-state index contributed by atoms with van der Waals surface area (Å²) in [6, 6.07) is 21.1. The standard InChI is InChI=1S/C21H26N2O.ClH/c22-20-11-12-23(16-20)21(24)15-19(13-17-7-3-1-4-8-17)14-18-9-5-2-6-10-18;/h1-10,19-20H,11-16,22H2;1H/t20-;/m1./s1. The highest BCUT2D eigenvalue weighted by Crippen LogP contribution is 2.20. The zero-order chi connectivity index (χ0) is 16.8. The van der Waals surface area contributed by atoms with E-state index in [9.17, 15) is 4.79 Å². The van der Waals surface area contributed by atoms with Gasteiger partial charge in [-0.2, -0.15) is 0 Å². The van der Waals surface area contributed by atoms with Crippen molar-refractivity contribution in [1.29, 1.82) is 0 Å². The van der Waals surface area contributed by atoms with Gasteiger partial charge in [-0.25, -0.2) is 0 Å². The van der Waals surface area contributed by atoms with Gasteiger partial charge < -0.3 is 10.6 Å². The van der Waals surface area contributed by atoms with E-state index in [2.05, 4.69) is 48.5 Å². The molecule has 4 heteroatoms. The largest absolute Gasteiger partial charge is 0.341 e. The van der Waals surface area contributed by atoms with Gasteiger partial charge in [0.2, 0.25) is 5.91 Å². The molecule has 1 atom stereocenters. The van der Waals surface area contributed by atoms with Crippen molar-refractivity contribution in [2.75, 3.05) is 13.1 Å². The summed E-state index contributed by atoms with van der Waals surface area (Å²) < 4.78 is 0. The highest BCUT2D eigenvalue weighted by Gasteiger charge is 2.25. The summed E-state index contributed by atoms with van der Waals surface area (Å²) in [5.74, 6) is 0.568. The van der Waals surface area contributed by atoms with Gasteiger partial charge in [-0.05, 0) is 36.3 Å². The zero-order valence-electron chi connectivity index (χ0n) is 14.5. The smallest absolute Gasteiger partial charge is 0.222 e. The molecule has 3 rings (SSSR count). The molecule has 0 radical (unpaired) electrons. The molecule has 2 aromatic rings. The molecule has 3 nitrogen and oxygen atoms in total. The molecule has 0 unspecified atom stereocenters. The van der Waals surface area contributed by atoms with Crippen LogP contribution in [-0.2, 0) is 17.6 Å². The van der Waals surface area contributed by atoms with Crippen LogP contribution < -0.4 is 5.73 Å². The van der Waals surface area contributed by atoms with Crippen LogP contribution in [0, 0.1) is 5.92 Å². The second-order valence-corrected chi connectivity index (χ2v) is 6.84. The molecule has 2 N–H and O–H groups in total. The lowest BCUT2D eigenvalue weighted by molar-refractivity contribution is -0.131. The predicted molar refractivity (Wildman–Crippen MR) is 105 cm³/mol. The summed E-state index contributed by atoms with van der Waals surface area (Å²) in [4.78, 5) is 14.6. The Morgan fingerprint density at radius 1 is 1.00 bits per heavy atom. The Hall–Kier alpha value is -1.84. The van der Waals surface area contributed by atoms with E-state index < -0.39 is 0 Å². The van der Waals surface area contributed by atoms with E-state index in [-0.39, 0.29) is 24.4 Å². The fraction of sp³-hybridized carbons (Fsp3) is 0.381. The summed E-state index contributed by atoms with van der Waals surface area (Å²) >= 11 is 0. The average molecular weight is 359 g/mol. The molecule has 0 aliphatic carbocycles. The third-order valence-electron chi connectivity index (χ3n) is 4.78. The van der Waals surface area contributed by atoms with Gasteiger partial charge in [0.25, 0.3) is 0 Å². The third kappa shape index (κ3) is 5.87. The van der Waals surface area contributed by atoms with Crippen LogP contribution in [0.25, 0.3) is 0 Å². The van der Waals surface area contributed by atoms with Gasteiger partial charge in [0.15, 0.2) is 0 Å². The first-order valence-corrected chi connectivity index (χ1v) is 8.82. The minimum atomic E-state index is 0. The van der Waals surface area contributed by atoms with E-state index in [1.54, 1.807) is 0 Å². The second-order valence-electron chi connectivity index (χ2n) is 6.84. The van der Waals surface area contributed by atoms with E-state index in [4.69, 9.17) is 5.73 Å². The van der Waals surface area contributed by atoms with Crippen molar-refractivity contribution in [3.05, 3.63) is 71.8 Å². The van der Waals surface area contributed by atoms with Crippen LogP contribution in [0.5, 0.6) is 0 Å². The Balaban J connectivity index is 0.00000225. The molecule has 25 heavy (non-hydrogen) atoms. The number of halogens is 1. The Bertz CT molecular complexity index is 606. The molecule has 1 amide bonds. The molecule has 0 bridgehead atoms. The summed E-state index contributed by atoms with van der Waals surface area (Å²) in [5.41, 5.74) is 8.54. The lowest BCUT2D eigenvalue weighted by Crippen LogP contribution is -2.33. The maximum Gasteiger partial charge on any atom is 0.222 e. The number of nitrogens with zero attached hydrogens (tertiary/aromatic N) is 1. The van der Waals surface area contributed by atoms with Crippen LogP contribution in [0.4, 0.5) is 0 Å². The van der Waals surface area contributed by atoms with E-state index in [0.717, 1.165) is 25.8 Å². The first kappa shape index (κ1) is 19.5. The SMILES string of the molecule is Cl.N[C@@H]1CCN(C(=O)CC(Cc2ccccc2)Cc2ccccc2)C1. The molecule has 1 heterocycles. The molecule has 2 aromatic carbocycles. The molecule has 1 aliphatic rings. The van der Waals surface area contributed by atoms with Crippen LogP contribution in [0.15, 0.2) is 60.7 Å². The summed E-state index contributed by atoms with van der Waals surface area (Å²) in [6.45, 7) is 1.52. The van der Waals surface area contributed by atoms with Crippen molar-refractivity contribution >= 4 is 18.3 Å². The Labute approximate surface area is 156 Å². The monoisotopic (exact) mass is 358 g/mol. The quantitative estimate of drug-likeness (QED) is 0.859. The highest BCUT2D eigenvalue weighted by molar-refractivity contribution is 5.85. The zero-order valence-corrected chi connectivity index (χ0v) is 15.3. The molecule has 0 saturated carbocycles. The third-order valence-corrected chi connectivity index (χ3v) is 4.78. The number of benzene rings is 2. The number of rotatable bonds is 6. The Morgan fingerprint density at radius 3 is 1.96 bits per heavy atom. The van der Waals surface area contributed by atoms with Gasteiger partial charge in [0.05, 0.1) is 0 Å². The van der Waals surface area contributed by atoms with E-state index in [1.807, 2.05) is 17.0 Å². The van der Waals surface area contributed by atoms with Crippen molar-refractivity contribution in [3.8, 4) is 0 Å². The van der Waals surface area contributed by atoms with Gasteiger partial charge >= 0.3 is 0 Å². The number of carbonyl (C=O) groups is 1. The minimum Gasteiger partial charge on any atom is -0.341 e. The number of nitrogens with two attached hydrogens (primary N) is 1. The predicted octanol–water partition coefficient (Wildman–Crippen LogP) is 3.46. The van der Waals surface area contributed by atoms with E-state index in [0.29, 0.717) is 18.9 Å². The molecular weight excluding hydrogens is 332 g/mol. The normalized spacial score (nSPS) is 16.7. The first-order chi connectivity index (χ1) is 11.7. The lowest BCUT2D eigenvalue weighted by Gasteiger charge is -2.21. The van der Waals surface area contributed by atoms with Crippen molar-refractivity contribution in [2.24, 2.45) is 11.7 Å². The average Bonchev–Trinajstić information content (AvgIpc) is 3.03. The molecule has 0 spiro atoms. The maximum absolute atomic E-state index is 12.7. The summed E-state index contributed by atoms with van der Waals surface area (Å²) in [6.07, 6.45) is 3.38. The highest BCUT2D eigenvalue weighted by atomic mass is 35.5. The first-order valence-electron chi connectivity index (χ1n) is 8.82. The Morgan fingerprint density at radius 2 is 1.52 bits per heavy atom. The number of amides is 1. The minimum absolute atomic E-state index is 0. The van der Waals surface area contributed by atoms with Crippen molar-refractivity contribution < 1.29 is 4.79 Å². The van der Waals surface area contributed by atoms with Crippen molar-refractivity contribution in [1.82, 2.24) is 4.90 Å². The number of hydrogen-bond donors (Lipinski definition) is 1. The molecular formula is C21H27ClN2O. The van der Waals surface area contributed by atoms with Gasteiger partial charge in [-0.15, -0.1) is 12.4 Å². The van der Waals surface area contributed by atoms with Crippen LogP contribution in [0.3, 0.4) is 0 Å². The molecule has 0 aromatic heterocycles. The Kier molecular flexibility index (Phi) is 7.48. The van der Waals surface area contributed by atoms with Gasteiger partial charge in [0.1, 0.15) is 0 Å². The maximum atomic E-state index is 12.7. The summed E-state index contributed by atoms with van der Waals surface area (Å²) in [7, 11) is 0. The van der Waals surface area contributed by atoms with Gasteiger partial charge in [-0.1, -0.05) is 60.7 Å². The van der Waals surface area contributed by atoms with Crippen LogP contribution in [-0.4, -0.2) is 29.9 Å². The number of carbonyl (C=O) groups excluding carboxylic acids is 1. The van der Waals surface area contributed by atoms with Crippen molar-refractivity contribution in [3.63, 3.8) is 0 Å².